The number of rotatable bonds is 1. The lowest BCUT2D eigenvalue weighted by Crippen LogP contribution is -2.20. The van der Waals surface area contributed by atoms with E-state index in [-0.39, 0.29) is 16.2 Å². The van der Waals surface area contributed by atoms with E-state index in [9.17, 15) is 12.8 Å². The Labute approximate surface area is 113 Å². The fourth-order valence-corrected chi connectivity index (χ4v) is 3.45. The number of primary sulfonamides is 1. The van der Waals surface area contributed by atoms with Crippen molar-refractivity contribution >= 4 is 31.3 Å². The Hall–Kier alpha value is -1.45. The van der Waals surface area contributed by atoms with Crippen LogP contribution in [0.5, 0.6) is 0 Å². The van der Waals surface area contributed by atoms with Crippen LogP contribution < -0.4 is 5.14 Å². The molecule has 2 aliphatic rings. The van der Waals surface area contributed by atoms with E-state index in [0.717, 1.165) is 17.3 Å². The molecule has 19 heavy (non-hydrogen) atoms. The number of hydrogen-bond acceptors (Lipinski definition) is 6. The van der Waals surface area contributed by atoms with Crippen molar-refractivity contribution in [3.05, 3.63) is 35.6 Å². The van der Waals surface area contributed by atoms with Gasteiger partial charge in [-0.25, -0.2) is 23.0 Å². The van der Waals surface area contributed by atoms with Crippen molar-refractivity contribution in [3.63, 3.8) is 0 Å². The van der Waals surface area contributed by atoms with Gasteiger partial charge in [-0.2, -0.15) is 0 Å². The van der Waals surface area contributed by atoms with Crippen LogP contribution in [0.15, 0.2) is 34.4 Å². The minimum absolute atomic E-state index is 0.163. The van der Waals surface area contributed by atoms with Crippen LogP contribution in [0.2, 0.25) is 0 Å². The molecule has 0 aliphatic carbocycles. The third kappa shape index (κ3) is 2.36. The van der Waals surface area contributed by atoms with Crippen LogP contribution in [-0.2, 0) is 10.0 Å². The fraction of sp³-hybridized carbons (Fsp3) is 0.200. The summed E-state index contributed by atoms with van der Waals surface area (Å²) >= 11 is 0.910. The van der Waals surface area contributed by atoms with Crippen molar-refractivity contribution in [2.45, 2.75) is 6.04 Å². The number of thioether (sulfide) groups is 1. The van der Waals surface area contributed by atoms with E-state index >= 15 is 0 Å². The van der Waals surface area contributed by atoms with E-state index in [2.05, 4.69) is 10.1 Å². The van der Waals surface area contributed by atoms with Gasteiger partial charge in [0.1, 0.15) is 5.82 Å². The molecule has 1 unspecified atom stereocenters. The maximum atomic E-state index is 13.1. The van der Waals surface area contributed by atoms with Gasteiger partial charge in [0.05, 0.1) is 12.6 Å². The number of nitrogens with zero attached hydrogens (tertiary/aromatic N) is 3. The Balaban J connectivity index is 1.84. The molecule has 0 aromatic heterocycles. The largest absolute Gasteiger partial charge is 0.264 e. The van der Waals surface area contributed by atoms with Crippen LogP contribution in [0.1, 0.15) is 11.6 Å². The van der Waals surface area contributed by atoms with Crippen molar-refractivity contribution in [1.82, 2.24) is 5.01 Å². The molecule has 1 aromatic rings. The first kappa shape index (κ1) is 12.6. The monoisotopic (exact) mass is 300 g/mol. The molecule has 1 aromatic carbocycles. The van der Waals surface area contributed by atoms with E-state index in [1.54, 1.807) is 12.1 Å². The maximum absolute atomic E-state index is 13.1. The summed E-state index contributed by atoms with van der Waals surface area (Å²) in [7, 11) is -3.80. The first-order valence-corrected chi connectivity index (χ1v) is 7.70. The summed E-state index contributed by atoms with van der Waals surface area (Å²) in [6.07, 6.45) is 0. The normalized spacial score (nSPS) is 22.2. The molecule has 0 bridgehead atoms. The molecule has 2 heterocycles. The minimum Gasteiger partial charge on any atom is -0.251 e. The van der Waals surface area contributed by atoms with Gasteiger partial charge in [0.2, 0.25) is 4.38 Å². The topological polar surface area (TPSA) is 88.1 Å². The van der Waals surface area contributed by atoms with E-state index in [1.807, 2.05) is 0 Å². The van der Waals surface area contributed by atoms with Gasteiger partial charge < -0.3 is 0 Å². The second-order valence-corrected chi connectivity index (χ2v) is 6.77. The summed E-state index contributed by atoms with van der Waals surface area (Å²) in [4.78, 5) is 4.33. The number of hydrazone groups is 1. The standard InChI is InChI=1S/C10H9FN4O2S2/c11-7-3-1-2-6(4-7)8-5-15-9(13-8)18-10(14-15)19(12,16)17/h1-4,8H,5H2,(H2,12,16,17). The average molecular weight is 300 g/mol. The molecule has 2 aliphatic heterocycles. The summed E-state index contributed by atoms with van der Waals surface area (Å²) in [5.74, 6) is -0.328. The number of amidine groups is 1. The van der Waals surface area contributed by atoms with Crippen LogP contribution in [0.4, 0.5) is 4.39 Å². The lowest BCUT2D eigenvalue weighted by atomic mass is 10.1. The molecule has 0 spiro atoms. The molecule has 100 valence electrons. The van der Waals surface area contributed by atoms with Gasteiger partial charge in [-0.3, -0.25) is 4.99 Å². The number of benzene rings is 1. The van der Waals surface area contributed by atoms with Gasteiger partial charge >= 0.3 is 0 Å². The molecule has 9 heteroatoms. The first-order chi connectivity index (χ1) is 8.93. The predicted molar refractivity (Wildman–Crippen MR) is 71.4 cm³/mol. The highest BCUT2D eigenvalue weighted by Gasteiger charge is 2.36. The van der Waals surface area contributed by atoms with Gasteiger partial charge in [0.15, 0.2) is 5.17 Å². The lowest BCUT2D eigenvalue weighted by Gasteiger charge is -2.09. The minimum atomic E-state index is -3.80. The SMILES string of the molecule is NS(=O)(=O)C1=NN2CC(c3cccc(F)c3)N=C2S1. The highest BCUT2D eigenvalue weighted by atomic mass is 32.3. The molecular formula is C10H9FN4O2S2. The zero-order valence-electron chi connectivity index (χ0n) is 9.52. The highest BCUT2D eigenvalue weighted by molar-refractivity contribution is 8.42. The molecule has 3 rings (SSSR count). The zero-order chi connectivity index (χ0) is 13.6. The zero-order valence-corrected chi connectivity index (χ0v) is 11.2. The van der Waals surface area contributed by atoms with Crippen molar-refractivity contribution in [1.29, 1.82) is 0 Å². The molecule has 0 amide bonds. The molecule has 1 atom stereocenters. The smallest absolute Gasteiger partial charge is 0.251 e. The van der Waals surface area contributed by atoms with Crippen molar-refractivity contribution in [3.8, 4) is 0 Å². The predicted octanol–water partition coefficient (Wildman–Crippen LogP) is 0.845. The third-order valence-electron chi connectivity index (χ3n) is 2.69. The molecule has 2 N–H and O–H groups in total. The van der Waals surface area contributed by atoms with Crippen LogP contribution in [0.3, 0.4) is 0 Å². The molecule has 0 saturated carbocycles. The van der Waals surface area contributed by atoms with E-state index in [0.29, 0.717) is 11.7 Å². The van der Waals surface area contributed by atoms with E-state index in [1.165, 1.54) is 17.1 Å². The number of aliphatic imine (C=N–C) groups is 1. The fourth-order valence-electron chi connectivity index (χ4n) is 1.85. The van der Waals surface area contributed by atoms with Crippen LogP contribution in [-0.4, -0.2) is 29.5 Å². The van der Waals surface area contributed by atoms with E-state index < -0.39 is 10.0 Å². The van der Waals surface area contributed by atoms with Crippen molar-refractivity contribution in [2.75, 3.05) is 6.54 Å². The van der Waals surface area contributed by atoms with Crippen LogP contribution in [0, 0.1) is 5.82 Å². The first-order valence-electron chi connectivity index (χ1n) is 5.33. The second-order valence-electron chi connectivity index (χ2n) is 4.08. The van der Waals surface area contributed by atoms with Gasteiger partial charge in [-0.1, -0.05) is 12.1 Å². The van der Waals surface area contributed by atoms with E-state index in [4.69, 9.17) is 5.14 Å². The van der Waals surface area contributed by atoms with Crippen molar-refractivity contribution in [2.24, 2.45) is 15.2 Å². The molecule has 0 saturated heterocycles. The van der Waals surface area contributed by atoms with Crippen molar-refractivity contribution < 1.29 is 12.8 Å². The number of hydrogen-bond donors (Lipinski definition) is 1. The summed E-state index contributed by atoms with van der Waals surface area (Å²) in [6, 6.07) is 5.91. The van der Waals surface area contributed by atoms with Crippen LogP contribution >= 0.6 is 11.8 Å². The van der Waals surface area contributed by atoms with Crippen LogP contribution in [0.25, 0.3) is 0 Å². The molecule has 0 radical (unpaired) electrons. The quantitative estimate of drug-likeness (QED) is 0.832. The summed E-state index contributed by atoms with van der Waals surface area (Å²) in [5, 5.41) is 10.8. The Morgan fingerprint density at radius 3 is 2.89 bits per heavy atom. The average Bonchev–Trinajstić information content (AvgIpc) is 2.85. The number of fused-ring (bicyclic) bond motifs is 1. The van der Waals surface area contributed by atoms with Gasteiger partial charge in [-0.15, -0.1) is 5.10 Å². The van der Waals surface area contributed by atoms with Gasteiger partial charge in [0, 0.05) is 0 Å². The third-order valence-corrected chi connectivity index (χ3v) is 4.96. The Bertz CT molecular complexity index is 701. The lowest BCUT2D eigenvalue weighted by molar-refractivity contribution is 0.461. The number of halogens is 1. The number of nitrogens with two attached hydrogens (primary N) is 1. The summed E-state index contributed by atoms with van der Waals surface area (Å²) in [5.41, 5.74) is 0.731. The maximum Gasteiger partial charge on any atom is 0.264 e. The second kappa shape index (κ2) is 4.29. The molecule has 0 fully saturated rings. The summed E-state index contributed by atoms with van der Waals surface area (Å²) < 4.78 is 35.3. The Morgan fingerprint density at radius 1 is 1.47 bits per heavy atom. The van der Waals surface area contributed by atoms with Gasteiger partial charge in [-0.05, 0) is 29.5 Å². The Kier molecular flexibility index (Phi) is 2.84. The number of sulfonamides is 1. The molecular weight excluding hydrogens is 291 g/mol. The summed E-state index contributed by atoms with van der Waals surface area (Å²) in [6.45, 7) is 0.380. The van der Waals surface area contributed by atoms with Gasteiger partial charge in [0.25, 0.3) is 10.0 Å². The Morgan fingerprint density at radius 2 is 2.26 bits per heavy atom. The molecule has 6 nitrogen and oxygen atoms in total. The highest BCUT2D eigenvalue weighted by Crippen LogP contribution is 2.34.